The van der Waals surface area contributed by atoms with Gasteiger partial charge in [0, 0.05) is 21.5 Å². The van der Waals surface area contributed by atoms with E-state index in [0.29, 0.717) is 0 Å². The predicted molar refractivity (Wildman–Crippen MR) is 137 cm³/mol. The molecule has 2 unspecified atom stereocenters. The lowest BCUT2D eigenvalue weighted by Crippen LogP contribution is -2.05. The number of para-hydroxylation sites is 4. The fourth-order valence-electron chi connectivity index (χ4n) is 4.76. The second-order valence-corrected chi connectivity index (χ2v) is 8.09. The Labute approximate surface area is 196 Å². The summed E-state index contributed by atoms with van der Waals surface area (Å²) in [4.78, 5) is 0. The Balaban J connectivity index is 1.37. The smallest absolute Gasteiger partial charge is 0.196 e. The van der Waals surface area contributed by atoms with Crippen molar-refractivity contribution in [2.45, 2.75) is 12.5 Å². The van der Waals surface area contributed by atoms with Gasteiger partial charge in [0.15, 0.2) is 12.5 Å². The maximum absolute atomic E-state index is 10.9. The summed E-state index contributed by atoms with van der Waals surface area (Å²) in [7, 11) is 0. The third-order valence-corrected chi connectivity index (χ3v) is 6.19. The molecule has 2 heterocycles. The number of hydrogen-bond donors (Lipinski definition) is 2. The zero-order valence-electron chi connectivity index (χ0n) is 18.2. The van der Waals surface area contributed by atoms with Crippen LogP contribution >= 0.6 is 0 Å². The van der Waals surface area contributed by atoms with Gasteiger partial charge in [-0.2, -0.15) is 0 Å². The number of aromatic nitrogens is 2. The molecule has 6 rings (SSSR count). The van der Waals surface area contributed by atoms with Gasteiger partial charge in [0.05, 0.1) is 22.1 Å². The van der Waals surface area contributed by atoms with Crippen molar-refractivity contribution in [1.29, 1.82) is 0 Å². The van der Waals surface area contributed by atoms with Gasteiger partial charge in [-0.3, -0.25) is 0 Å². The van der Waals surface area contributed by atoms with Crippen LogP contribution in [-0.4, -0.2) is 19.3 Å². The lowest BCUT2D eigenvalue weighted by molar-refractivity contribution is 0.173. The van der Waals surface area contributed by atoms with Gasteiger partial charge in [-0.15, -0.1) is 0 Å². The second kappa shape index (κ2) is 8.14. The molecule has 0 radical (unpaired) electrons. The Morgan fingerprint density at radius 1 is 0.441 bits per heavy atom. The van der Waals surface area contributed by atoms with Crippen LogP contribution in [0.2, 0.25) is 0 Å². The van der Waals surface area contributed by atoms with Crippen molar-refractivity contribution in [2.24, 2.45) is 0 Å². The van der Waals surface area contributed by atoms with Gasteiger partial charge in [-0.25, -0.2) is 0 Å². The molecule has 0 aliphatic rings. The maximum Gasteiger partial charge on any atom is 0.196 e. The van der Waals surface area contributed by atoms with Gasteiger partial charge in [-0.05, 0) is 47.9 Å². The molecule has 2 N–H and O–H groups in total. The summed E-state index contributed by atoms with van der Waals surface area (Å²) in [6.07, 6.45) is -2.13. The molecule has 0 saturated carbocycles. The Bertz CT molecular complexity index is 1580. The van der Waals surface area contributed by atoms with Crippen molar-refractivity contribution in [3.63, 3.8) is 0 Å². The van der Waals surface area contributed by atoms with E-state index in [4.69, 9.17) is 0 Å². The molecule has 6 aromatic rings. The molecule has 2 aromatic heterocycles. The highest BCUT2D eigenvalue weighted by Gasteiger charge is 2.15. The third-order valence-electron chi connectivity index (χ3n) is 6.19. The number of aliphatic hydroxyl groups is 2. The lowest BCUT2D eigenvalue weighted by atomic mass is 10.2. The van der Waals surface area contributed by atoms with E-state index in [9.17, 15) is 10.2 Å². The molecule has 4 heteroatoms. The zero-order chi connectivity index (χ0) is 23.1. The van der Waals surface area contributed by atoms with Gasteiger partial charge in [-0.1, -0.05) is 72.8 Å². The predicted octanol–water partition coefficient (Wildman–Crippen LogP) is 5.59. The first-order chi connectivity index (χ1) is 16.7. The van der Waals surface area contributed by atoms with Crippen LogP contribution in [0.15, 0.2) is 97.1 Å². The van der Waals surface area contributed by atoms with Crippen LogP contribution in [0.25, 0.3) is 43.6 Å². The van der Waals surface area contributed by atoms with Crippen LogP contribution in [-0.2, 0) is 0 Å². The first-order valence-corrected chi connectivity index (χ1v) is 11.1. The molecule has 4 nitrogen and oxygen atoms in total. The van der Waals surface area contributed by atoms with Crippen molar-refractivity contribution in [1.82, 2.24) is 9.13 Å². The largest absolute Gasteiger partial charge is 0.363 e. The molecule has 0 fully saturated rings. The minimum Gasteiger partial charge on any atom is -0.363 e. The number of rotatable bonds is 2. The molecule has 4 aromatic carbocycles. The summed E-state index contributed by atoms with van der Waals surface area (Å²) in [5.74, 6) is 11.1. The van der Waals surface area contributed by atoms with E-state index in [-0.39, 0.29) is 0 Å². The number of fused-ring (bicyclic) bond motifs is 6. The molecule has 0 aliphatic carbocycles. The number of hydrogen-bond acceptors (Lipinski definition) is 2. The van der Waals surface area contributed by atoms with Crippen LogP contribution in [0, 0.1) is 23.7 Å². The highest BCUT2D eigenvalue weighted by Crippen LogP contribution is 2.32. The maximum atomic E-state index is 10.9. The molecule has 0 aliphatic heterocycles. The van der Waals surface area contributed by atoms with Crippen molar-refractivity contribution in [2.75, 3.05) is 0 Å². The number of nitrogens with zero attached hydrogens (tertiary/aromatic N) is 2. The van der Waals surface area contributed by atoms with Gasteiger partial charge in [0.2, 0.25) is 0 Å². The van der Waals surface area contributed by atoms with E-state index < -0.39 is 12.5 Å². The Hall–Kier alpha value is -4.48. The van der Waals surface area contributed by atoms with Crippen molar-refractivity contribution in [3.8, 4) is 23.7 Å². The van der Waals surface area contributed by atoms with E-state index in [0.717, 1.165) is 43.6 Å². The van der Waals surface area contributed by atoms with Crippen molar-refractivity contribution >= 4 is 43.6 Å². The Morgan fingerprint density at radius 2 is 0.706 bits per heavy atom. The minimum atomic E-state index is -1.07. The molecular formula is C30H20N2O2. The molecule has 0 amide bonds. The molecule has 34 heavy (non-hydrogen) atoms. The summed E-state index contributed by atoms with van der Waals surface area (Å²) in [5, 5.41) is 26.0. The zero-order valence-corrected chi connectivity index (χ0v) is 18.2. The van der Waals surface area contributed by atoms with E-state index in [1.165, 1.54) is 0 Å². The van der Waals surface area contributed by atoms with Crippen LogP contribution in [0.5, 0.6) is 0 Å². The topological polar surface area (TPSA) is 50.3 Å². The summed E-state index contributed by atoms with van der Waals surface area (Å²) >= 11 is 0. The van der Waals surface area contributed by atoms with Gasteiger partial charge in [0.1, 0.15) is 0 Å². The van der Waals surface area contributed by atoms with E-state index >= 15 is 0 Å². The Kier molecular flexibility index (Phi) is 4.82. The summed E-state index contributed by atoms with van der Waals surface area (Å²) in [6, 6.07) is 31.7. The molecule has 162 valence electrons. The highest BCUT2D eigenvalue weighted by atomic mass is 16.3. The minimum absolute atomic E-state index is 0.906. The standard InChI is InChI=1S/C30H20N2O2/c33-29(31-25-15-5-1-11-21(25)22-12-2-6-16-26(22)31)19-9-10-20-30(34)32-27-17-7-3-13-23(27)24-14-4-8-18-28(24)32/h1-8,11-18,29-30,33-34H. The summed E-state index contributed by atoms with van der Waals surface area (Å²) in [5.41, 5.74) is 3.63. The van der Waals surface area contributed by atoms with Gasteiger partial charge < -0.3 is 19.3 Å². The van der Waals surface area contributed by atoms with Crippen molar-refractivity contribution in [3.05, 3.63) is 97.1 Å². The fourth-order valence-corrected chi connectivity index (χ4v) is 4.76. The average Bonchev–Trinajstić information content (AvgIpc) is 3.40. The van der Waals surface area contributed by atoms with E-state index in [1.807, 2.05) is 106 Å². The lowest BCUT2D eigenvalue weighted by Gasteiger charge is -2.09. The van der Waals surface area contributed by atoms with E-state index in [2.05, 4.69) is 23.7 Å². The summed E-state index contributed by atoms with van der Waals surface area (Å²) in [6.45, 7) is 0. The Morgan fingerprint density at radius 3 is 1.00 bits per heavy atom. The second-order valence-electron chi connectivity index (χ2n) is 8.09. The molecule has 0 bridgehead atoms. The average molecular weight is 441 g/mol. The van der Waals surface area contributed by atoms with Gasteiger partial charge >= 0.3 is 0 Å². The molecular weight excluding hydrogens is 420 g/mol. The first-order valence-electron chi connectivity index (χ1n) is 11.1. The number of aliphatic hydroxyl groups excluding tert-OH is 2. The SMILES string of the molecule is OC(C#CC#CC(O)n1c2ccccc2c2ccccc21)n1c2ccccc2c2ccccc21. The van der Waals surface area contributed by atoms with Gasteiger partial charge in [0.25, 0.3) is 0 Å². The number of benzene rings is 4. The highest BCUT2D eigenvalue weighted by molar-refractivity contribution is 6.09. The quantitative estimate of drug-likeness (QED) is 0.345. The molecule has 0 saturated heterocycles. The fraction of sp³-hybridized carbons (Fsp3) is 0.0667. The summed E-state index contributed by atoms with van der Waals surface area (Å²) < 4.78 is 3.62. The monoisotopic (exact) mass is 440 g/mol. The molecule has 0 spiro atoms. The van der Waals surface area contributed by atoms with Crippen LogP contribution < -0.4 is 0 Å². The van der Waals surface area contributed by atoms with Crippen LogP contribution in [0.3, 0.4) is 0 Å². The van der Waals surface area contributed by atoms with Crippen molar-refractivity contribution < 1.29 is 10.2 Å². The first kappa shape index (κ1) is 20.1. The normalized spacial score (nSPS) is 12.9. The molecule has 2 atom stereocenters. The third kappa shape index (κ3) is 3.14. The van der Waals surface area contributed by atoms with Crippen LogP contribution in [0.1, 0.15) is 12.5 Å². The van der Waals surface area contributed by atoms with Crippen LogP contribution in [0.4, 0.5) is 0 Å². The van der Waals surface area contributed by atoms with E-state index in [1.54, 1.807) is 0 Å².